The van der Waals surface area contributed by atoms with E-state index in [1.807, 2.05) is 0 Å². The molecule has 298 valence electrons. The number of allylic oxidation sites excluding steroid dienone is 12. The van der Waals surface area contributed by atoms with E-state index in [4.69, 9.17) is 0 Å². The molecule has 0 amide bonds. The largest absolute Gasteiger partial charge is 0.313 e. The van der Waals surface area contributed by atoms with E-state index in [9.17, 15) is 0 Å². The molecule has 0 radical (unpaired) electrons. The van der Waals surface area contributed by atoms with Gasteiger partial charge in [-0.1, -0.05) is 193 Å². The zero-order chi connectivity index (χ0) is 40.7. The van der Waals surface area contributed by atoms with Crippen LogP contribution in [0, 0.1) is 11.8 Å². The van der Waals surface area contributed by atoms with Crippen LogP contribution < -0.4 is 5.46 Å². The van der Waals surface area contributed by atoms with E-state index in [0.717, 1.165) is 32.1 Å². The second-order valence-corrected chi connectivity index (χ2v) is 18.6. The summed E-state index contributed by atoms with van der Waals surface area (Å²) in [5, 5.41) is 0. The highest BCUT2D eigenvalue weighted by Gasteiger charge is 2.47. The van der Waals surface area contributed by atoms with Gasteiger partial charge in [-0.15, -0.1) is 0 Å². The maximum Gasteiger partial charge on any atom is 0.243 e. The molecular formula is C60H50BN. The Bertz CT molecular complexity index is 3060. The Morgan fingerprint density at radius 1 is 0.581 bits per heavy atom. The van der Waals surface area contributed by atoms with Crippen LogP contribution in [0.2, 0.25) is 0 Å². The third-order valence-corrected chi connectivity index (χ3v) is 15.4. The molecule has 7 aliphatic rings. The van der Waals surface area contributed by atoms with E-state index in [0.29, 0.717) is 11.8 Å². The minimum Gasteiger partial charge on any atom is -0.313 e. The van der Waals surface area contributed by atoms with Crippen LogP contribution in [0.1, 0.15) is 90.9 Å². The zero-order valence-electron chi connectivity index (χ0n) is 35.4. The van der Waals surface area contributed by atoms with Crippen molar-refractivity contribution in [2.45, 2.75) is 63.7 Å². The van der Waals surface area contributed by atoms with Crippen molar-refractivity contribution in [2.24, 2.45) is 11.8 Å². The predicted molar refractivity (Wildman–Crippen MR) is 262 cm³/mol. The monoisotopic (exact) mass is 795 g/mol. The molecule has 0 fully saturated rings. The Hall–Kier alpha value is -6.38. The highest BCUT2D eigenvalue weighted by molar-refractivity contribution is 6.97. The van der Waals surface area contributed by atoms with Gasteiger partial charge < -0.3 is 4.57 Å². The standard InChI is InChI=1S/C60H50BN/c1-4-19-39(20-5-1)42-37-53(40-21-6-2-7-22-40)57(54(38-42)41-23-8-3-9-24-41)61-55-35-17-33-50-48-30-15-13-28-46(48)44-26-11-10-25-43(44)45-27-12-14-29-47(45)49-31-16-32-51-52-34-18-36-56(61)60(52)62(58(49)51)59(50)55/h1-2,4-7,10-17,19,21-23,25-30,32-33,35-37,39,49,54H,3,8-9,18,20,24,31,34,38H2. The van der Waals surface area contributed by atoms with Crippen LogP contribution in [0.3, 0.4) is 0 Å². The molecule has 2 heteroatoms. The van der Waals surface area contributed by atoms with E-state index in [2.05, 4.69) is 181 Å². The summed E-state index contributed by atoms with van der Waals surface area (Å²) < 4.78 is 2.83. The van der Waals surface area contributed by atoms with Crippen molar-refractivity contribution in [1.82, 2.24) is 4.57 Å². The minimum absolute atomic E-state index is 0.120. The number of fused-ring (bicyclic) bond motifs is 8. The molecule has 62 heavy (non-hydrogen) atoms. The Morgan fingerprint density at radius 3 is 2.10 bits per heavy atom. The predicted octanol–water partition coefficient (Wildman–Crippen LogP) is 14.5. The molecule has 0 bridgehead atoms. The molecule has 3 atom stereocenters. The number of nitrogens with zero attached hydrogens (tertiary/aromatic N) is 1. The van der Waals surface area contributed by atoms with Gasteiger partial charge in [0, 0.05) is 34.5 Å². The van der Waals surface area contributed by atoms with Crippen molar-refractivity contribution in [3.05, 3.63) is 220 Å². The van der Waals surface area contributed by atoms with Crippen molar-refractivity contribution >= 4 is 29.3 Å². The first kappa shape index (κ1) is 36.3. The maximum absolute atomic E-state index is 2.83. The van der Waals surface area contributed by atoms with Gasteiger partial charge in [-0.2, -0.15) is 0 Å². The molecule has 2 aliphatic heterocycles. The first-order valence-electron chi connectivity index (χ1n) is 23.4. The maximum atomic E-state index is 2.83. The van der Waals surface area contributed by atoms with E-state index >= 15 is 0 Å². The molecule has 1 aromatic heterocycles. The smallest absolute Gasteiger partial charge is 0.243 e. The van der Waals surface area contributed by atoms with Crippen LogP contribution in [0.4, 0.5) is 0 Å². The highest BCUT2D eigenvalue weighted by Crippen LogP contribution is 2.55. The molecule has 3 unspecified atom stereocenters. The van der Waals surface area contributed by atoms with Crippen LogP contribution in [0.5, 0.6) is 0 Å². The Labute approximate surface area is 367 Å². The first-order valence-corrected chi connectivity index (χ1v) is 23.4. The van der Waals surface area contributed by atoms with Crippen LogP contribution in [-0.2, 0) is 6.42 Å². The van der Waals surface area contributed by atoms with Crippen molar-refractivity contribution < 1.29 is 0 Å². The summed E-state index contributed by atoms with van der Waals surface area (Å²) in [6.07, 6.45) is 32.6. The van der Waals surface area contributed by atoms with E-state index < -0.39 is 0 Å². The van der Waals surface area contributed by atoms with E-state index in [1.165, 1.54) is 109 Å². The number of aromatic nitrogens is 1. The molecule has 5 aliphatic carbocycles. The summed E-state index contributed by atoms with van der Waals surface area (Å²) >= 11 is 0. The van der Waals surface area contributed by atoms with Crippen molar-refractivity contribution in [1.29, 1.82) is 0 Å². The Morgan fingerprint density at radius 2 is 1.32 bits per heavy atom. The van der Waals surface area contributed by atoms with Gasteiger partial charge in [0.15, 0.2) is 0 Å². The summed E-state index contributed by atoms with van der Waals surface area (Å²) in [6, 6.07) is 46.6. The normalized spacial score (nSPS) is 21.5. The minimum atomic E-state index is 0.120. The summed E-state index contributed by atoms with van der Waals surface area (Å²) in [6.45, 7) is 0.120. The van der Waals surface area contributed by atoms with Gasteiger partial charge >= 0.3 is 0 Å². The summed E-state index contributed by atoms with van der Waals surface area (Å²) in [7, 11) is 0. The summed E-state index contributed by atoms with van der Waals surface area (Å²) in [5.41, 5.74) is 27.4. The van der Waals surface area contributed by atoms with Crippen LogP contribution >= 0.6 is 0 Å². The van der Waals surface area contributed by atoms with Gasteiger partial charge in [-0.05, 0) is 130 Å². The van der Waals surface area contributed by atoms with Gasteiger partial charge in [0.2, 0.25) is 6.71 Å². The van der Waals surface area contributed by atoms with Gasteiger partial charge in [-0.3, -0.25) is 0 Å². The number of hydrogen-bond donors (Lipinski definition) is 0. The van der Waals surface area contributed by atoms with Gasteiger partial charge in [-0.25, -0.2) is 0 Å². The fourth-order valence-electron chi connectivity index (χ4n) is 12.8. The second-order valence-electron chi connectivity index (χ2n) is 18.6. The summed E-state index contributed by atoms with van der Waals surface area (Å²) in [5.74, 6) is 0.999. The van der Waals surface area contributed by atoms with Crippen LogP contribution in [-0.4, -0.2) is 11.3 Å². The second kappa shape index (κ2) is 14.6. The fourth-order valence-corrected chi connectivity index (χ4v) is 12.8. The van der Waals surface area contributed by atoms with Gasteiger partial charge in [0.05, 0.1) is 0 Å². The lowest BCUT2D eigenvalue weighted by Gasteiger charge is -2.41. The number of hydrogen-bond acceptors (Lipinski definition) is 0. The third-order valence-electron chi connectivity index (χ3n) is 15.4. The molecule has 0 saturated heterocycles. The average molecular weight is 796 g/mol. The molecular weight excluding hydrogens is 745 g/mol. The number of benzene rings is 5. The lowest BCUT2D eigenvalue weighted by atomic mass is 9.30. The Balaban J connectivity index is 1.17. The van der Waals surface area contributed by atoms with Crippen LogP contribution in [0.15, 0.2) is 187 Å². The molecule has 6 aromatic rings. The lowest BCUT2D eigenvalue weighted by Crippen LogP contribution is -2.46. The zero-order valence-corrected chi connectivity index (χ0v) is 35.4. The van der Waals surface area contributed by atoms with E-state index in [1.54, 1.807) is 22.2 Å². The Kier molecular flexibility index (Phi) is 8.56. The SMILES string of the molecule is C1=CCC(C2=CC(c3ccccc3)=C(B3C4=CCCc5c6c7n(c54)-c4c3cccc4-c3ccccc3-c3ccccc3-c3ccccc3C7CC=C6)C(C3=CCCCC3)C2)C=C1. The number of rotatable bonds is 4. The molecule has 0 spiro atoms. The van der Waals surface area contributed by atoms with Crippen molar-refractivity contribution in [3.8, 4) is 39.1 Å². The van der Waals surface area contributed by atoms with Crippen LogP contribution in [0.25, 0.3) is 56.2 Å². The molecule has 0 N–H and O–H groups in total. The molecule has 0 saturated carbocycles. The molecule has 3 heterocycles. The molecule has 5 aromatic carbocycles. The third kappa shape index (κ3) is 5.48. The quantitative estimate of drug-likeness (QED) is 0.124. The lowest BCUT2D eigenvalue weighted by molar-refractivity contribution is 0.582. The summed E-state index contributed by atoms with van der Waals surface area (Å²) in [4.78, 5) is 0. The van der Waals surface area contributed by atoms with Gasteiger partial charge in [0.1, 0.15) is 0 Å². The topological polar surface area (TPSA) is 4.93 Å². The fraction of sp³-hybridized carbons (Fsp3) is 0.200. The first-order chi connectivity index (χ1) is 30.8. The van der Waals surface area contributed by atoms with Crippen molar-refractivity contribution in [3.63, 3.8) is 0 Å². The number of para-hydroxylation sites is 1. The van der Waals surface area contributed by atoms with E-state index in [-0.39, 0.29) is 12.6 Å². The highest BCUT2D eigenvalue weighted by atomic mass is 15.0. The molecule has 1 nitrogen and oxygen atoms in total. The molecule has 13 rings (SSSR count). The van der Waals surface area contributed by atoms with Gasteiger partial charge in [0.25, 0.3) is 0 Å². The van der Waals surface area contributed by atoms with Crippen molar-refractivity contribution in [2.75, 3.05) is 0 Å². The average Bonchev–Trinajstić information content (AvgIpc) is 3.69.